The highest BCUT2D eigenvalue weighted by Crippen LogP contribution is 2.52. The van der Waals surface area contributed by atoms with Gasteiger partial charge < -0.3 is 20.4 Å². The lowest BCUT2D eigenvalue weighted by molar-refractivity contribution is 0.0235. The summed E-state index contributed by atoms with van der Waals surface area (Å²) in [4.78, 5) is 0. The van der Waals surface area contributed by atoms with E-state index < -0.39 is 24.4 Å². The van der Waals surface area contributed by atoms with Crippen molar-refractivity contribution >= 4 is 10.8 Å². The molecule has 0 unspecified atom stereocenters. The molecule has 0 aliphatic heterocycles. The van der Waals surface area contributed by atoms with Crippen LogP contribution in [-0.2, 0) is 0 Å². The quantitative estimate of drug-likeness (QED) is 0.557. The smallest absolute Gasteiger partial charge is 0.110 e. The Balaban J connectivity index is 2.20. The fraction of sp³-hybridized carbons (Fsp3) is 0.286. The van der Waals surface area contributed by atoms with Gasteiger partial charge in [-0.25, -0.2) is 0 Å². The zero-order valence-corrected chi connectivity index (χ0v) is 9.41. The van der Waals surface area contributed by atoms with E-state index in [9.17, 15) is 20.4 Å². The van der Waals surface area contributed by atoms with Crippen molar-refractivity contribution in [1.82, 2.24) is 0 Å². The van der Waals surface area contributed by atoms with Gasteiger partial charge in [-0.15, -0.1) is 0 Å². The van der Waals surface area contributed by atoms with Crippen LogP contribution in [0.2, 0.25) is 0 Å². The van der Waals surface area contributed by atoms with Crippen LogP contribution in [0.3, 0.4) is 0 Å². The van der Waals surface area contributed by atoms with Gasteiger partial charge in [0.15, 0.2) is 0 Å². The molecule has 4 heteroatoms. The lowest BCUT2D eigenvalue weighted by atomic mass is 10.00. The van der Waals surface area contributed by atoms with Gasteiger partial charge in [0.05, 0.1) is 0 Å². The molecule has 4 N–H and O–H groups in total. The Kier molecular flexibility index (Phi) is 1.80. The van der Waals surface area contributed by atoms with Crippen molar-refractivity contribution in [2.75, 3.05) is 0 Å². The Morgan fingerprint density at radius 1 is 0.500 bits per heavy atom. The van der Waals surface area contributed by atoms with Crippen molar-refractivity contribution < 1.29 is 20.4 Å². The molecule has 18 heavy (non-hydrogen) atoms. The maximum atomic E-state index is 9.99. The van der Waals surface area contributed by atoms with E-state index >= 15 is 0 Å². The maximum Gasteiger partial charge on any atom is 0.110 e. The lowest BCUT2D eigenvalue weighted by Gasteiger charge is -2.11. The Hall–Kier alpha value is -1.46. The molecule has 0 radical (unpaired) electrons. The first-order valence-electron chi connectivity index (χ1n) is 5.93. The molecule has 4 rings (SSSR count). The van der Waals surface area contributed by atoms with Crippen LogP contribution in [0.5, 0.6) is 0 Å². The van der Waals surface area contributed by atoms with Gasteiger partial charge in [-0.05, 0) is 33.0 Å². The summed E-state index contributed by atoms with van der Waals surface area (Å²) in [6, 6.07) is 6.86. The van der Waals surface area contributed by atoms with E-state index in [1.54, 1.807) is 24.3 Å². The molecule has 0 spiro atoms. The van der Waals surface area contributed by atoms with E-state index in [1.165, 1.54) is 0 Å². The average Bonchev–Trinajstić information content (AvgIpc) is 2.77. The highest BCUT2D eigenvalue weighted by molar-refractivity contribution is 5.98. The Morgan fingerprint density at radius 2 is 0.722 bits per heavy atom. The van der Waals surface area contributed by atoms with E-state index in [0.717, 1.165) is 10.8 Å². The van der Waals surface area contributed by atoms with Crippen LogP contribution in [0.15, 0.2) is 24.3 Å². The average molecular weight is 244 g/mol. The fourth-order valence-corrected chi connectivity index (χ4v) is 3.27. The van der Waals surface area contributed by atoms with E-state index in [4.69, 9.17) is 0 Å². The molecule has 0 bridgehead atoms. The van der Waals surface area contributed by atoms with Gasteiger partial charge in [-0.2, -0.15) is 0 Å². The van der Waals surface area contributed by atoms with Crippen molar-refractivity contribution in [3.05, 3.63) is 46.5 Å². The number of hydrogen-bond donors (Lipinski definition) is 4. The topological polar surface area (TPSA) is 80.9 Å². The second-order valence-electron chi connectivity index (χ2n) is 5.02. The molecule has 0 aromatic heterocycles. The first kappa shape index (κ1) is 10.5. The summed E-state index contributed by atoms with van der Waals surface area (Å²) < 4.78 is 0. The minimum absolute atomic E-state index is 0.666. The summed E-state index contributed by atoms with van der Waals surface area (Å²) >= 11 is 0. The molecule has 0 heterocycles. The molecule has 2 aromatic rings. The van der Waals surface area contributed by atoms with Gasteiger partial charge in [0.25, 0.3) is 0 Å². The third-order valence-corrected chi connectivity index (χ3v) is 4.16. The largest absolute Gasteiger partial charge is 0.385 e. The molecular formula is C14H12O4. The monoisotopic (exact) mass is 244 g/mol. The summed E-state index contributed by atoms with van der Waals surface area (Å²) in [6.07, 6.45) is -3.73. The Bertz CT molecular complexity index is 566. The van der Waals surface area contributed by atoms with Crippen molar-refractivity contribution in [2.24, 2.45) is 0 Å². The van der Waals surface area contributed by atoms with E-state index in [1.807, 2.05) is 0 Å². The fourth-order valence-electron chi connectivity index (χ4n) is 3.27. The first-order chi connectivity index (χ1) is 8.61. The minimum atomic E-state index is -0.931. The molecule has 0 saturated heterocycles. The predicted octanol–water partition coefficient (Wildman–Crippen LogP) is 1.00. The van der Waals surface area contributed by atoms with Crippen molar-refractivity contribution in [1.29, 1.82) is 0 Å². The first-order valence-corrected chi connectivity index (χ1v) is 5.93. The SMILES string of the molecule is O[C@@H]1c2ccc3c4c(ccc(c24)[C@H]1O)[C@@H](O)[C@@H]3O. The summed E-state index contributed by atoms with van der Waals surface area (Å²) in [5.74, 6) is 0. The van der Waals surface area contributed by atoms with E-state index in [0.29, 0.717) is 22.3 Å². The van der Waals surface area contributed by atoms with Crippen LogP contribution < -0.4 is 0 Å². The summed E-state index contributed by atoms with van der Waals surface area (Å²) in [5.41, 5.74) is 2.66. The van der Waals surface area contributed by atoms with Crippen LogP contribution in [0.25, 0.3) is 10.8 Å². The third-order valence-electron chi connectivity index (χ3n) is 4.16. The number of aliphatic hydroxyl groups is 4. The van der Waals surface area contributed by atoms with Gasteiger partial charge in [0.1, 0.15) is 24.4 Å². The second-order valence-corrected chi connectivity index (χ2v) is 5.02. The molecule has 2 aliphatic rings. The highest BCUT2D eigenvalue weighted by atomic mass is 16.3. The van der Waals surface area contributed by atoms with Crippen LogP contribution in [-0.4, -0.2) is 20.4 Å². The molecule has 2 aromatic carbocycles. The van der Waals surface area contributed by atoms with Gasteiger partial charge >= 0.3 is 0 Å². The molecule has 4 nitrogen and oxygen atoms in total. The van der Waals surface area contributed by atoms with Crippen LogP contribution >= 0.6 is 0 Å². The second kappa shape index (κ2) is 3.10. The molecule has 92 valence electrons. The minimum Gasteiger partial charge on any atom is -0.385 e. The number of benzene rings is 2. The highest BCUT2D eigenvalue weighted by Gasteiger charge is 2.38. The van der Waals surface area contributed by atoms with Crippen LogP contribution in [0.4, 0.5) is 0 Å². The van der Waals surface area contributed by atoms with Crippen molar-refractivity contribution in [3.8, 4) is 0 Å². The zero-order valence-electron chi connectivity index (χ0n) is 9.41. The Morgan fingerprint density at radius 3 is 0.944 bits per heavy atom. The Labute approximate surface area is 103 Å². The summed E-state index contributed by atoms with van der Waals surface area (Å²) in [7, 11) is 0. The maximum absolute atomic E-state index is 9.99. The number of aliphatic hydroxyl groups excluding tert-OH is 4. The molecule has 2 aliphatic carbocycles. The van der Waals surface area contributed by atoms with Crippen molar-refractivity contribution in [3.63, 3.8) is 0 Å². The standard InChI is InChI=1S/C14H12O4/c15-11-5-1-2-6-10-8(14(18)12(6)16)4-3-7(9(5)10)13(11)17/h1-4,11-18H/t11-,12-,13-,14-/m1/s1. The molecular weight excluding hydrogens is 232 g/mol. The van der Waals surface area contributed by atoms with Crippen molar-refractivity contribution in [2.45, 2.75) is 24.4 Å². The molecule has 4 atom stereocenters. The van der Waals surface area contributed by atoms with Crippen LogP contribution in [0, 0.1) is 0 Å². The van der Waals surface area contributed by atoms with Gasteiger partial charge in [-0.3, -0.25) is 0 Å². The third kappa shape index (κ3) is 0.966. The number of rotatable bonds is 0. The predicted molar refractivity (Wildman–Crippen MR) is 63.8 cm³/mol. The van der Waals surface area contributed by atoms with Gasteiger partial charge in [0, 0.05) is 0 Å². The van der Waals surface area contributed by atoms with E-state index in [2.05, 4.69) is 0 Å². The van der Waals surface area contributed by atoms with Gasteiger partial charge in [0.2, 0.25) is 0 Å². The number of hydrogen-bond acceptors (Lipinski definition) is 4. The molecule has 0 fully saturated rings. The normalized spacial score (nSPS) is 32.4. The summed E-state index contributed by atoms with van der Waals surface area (Å²) in [5, 5.41) is 41.5. The van der Waals surface area contributed by atoms with E-state index in [-0.39, 0.29) is 0 Å². The molecule has 0 amide bonds. The zero-order chi connectivity index (χ0) is 12.6. The molecule has 0 saturated carbocycles. The lowest BCUT2D eigenvalue weighted by Crippen LogP contribution is -2.04. The van der Waals surface area contributed by atoms with Crippen LogP contribution in [0.1, 0.15) is 46.7 Å². The summed E-state index contributed by atoms with van der Waals surface area (Å²) in [6.45, 7) is 0. The van der Waals surface area contributed by atoms with Gasteiger partial charge in [-0.1, -0.05) is 24.3 Å².